The van der Waals surface area contributed by atoms with Gasteiger partial charge >= 0.3 is 0 Å². The van der Waals surface area contributed by atoms with Crippen molar-refractivity contribution in [2.45, 2.75) is 0 Å². The van der Waals surface area contributed by atoms with E-state index in [4.69, 9.17) is 0 Å². The van der Waals surface area contributed by atoms with Gasteiger partial charge in [0, 0.05) is 37.8 Å². The molecule has 2 nitrogen and oxygen atoms in total. The second-order valence-corrected chi connectivity index (χ2v) is 9.84. The molecule has 0 saturated heterocycles. The minimum Gasteiger partial charge on any atom is -0.354 e. The number of nitrogens with one attached hydrogen (secondary N) is 2. The fourth-order valence-corrected chi connectivity index (χ4v) is 6.64. The lowest BCUT2D eigenvalue weighted by atomic mass is 9.92. The molecule has 0 atom stereocenters. The molecule has 0 radical (unpaired) electrons. The van der Waals surface area contributed by atoms with Crippen molar-refractivity contribution in [2.24, 2.45) is 0 Å². The maximum absolute atomic E-state index is 3.96. The first kappa shape index (κ1) is 18.5. The highest BCUT2D eigenvalue weighted by Crippen LogP contribution is 2.46. The summed E-state index contributed by atoms with van der Waals surface area (Å²) in [6.07, 6.45) is 0. The van der Waals surface area contributed by atoms with Crippen LogP contribution in [0.1, 0.15) is 0 Å². The largest absolute Gasteiger partial charge is 0.354 e. The van der Waals surface area contributed by atoms with Crippen LogP contribution in [-0.2, 0) is 0 Å². The molecular weight excluding hydrogens is 436 g/mol. The van der Waals surface area contributed by atoms with E-state index in [9.17, 15) is 0 Å². The summed E-state index contributed by atoms with van der Waals surface area (Å²) in [4.78, 5) is 7.74. The normalized spacial score (nSPS) is 12.4. The summed E-state index contributed by atoms with van der Waals surface area (Å²) in [5.41, 5.74) is 4.79. The molecule has 2 heteroatoms. The fraction of sp³-hybridized carbons (Fsp3) is 0. The van der Waals surface area contributed by atoms with Crippen LogP contribution in [0.2, 0.25) is 0 Å². The van der Waals surface area contributed by atoms with Crippen LogP contribution in [0.3, 0.4) is 0 Å². The minimum absolute atomic E-state index is 1.17. The van der Waals surface area contributed by atoms with Gasteiger partial charge in [0.1, 0.15) is 0 Å². The number of aromatic nitrogens is 2. The van der Waals surface area contributed by atoms with Gasteiger partial charge in [0.15, 0.2) is 0 Å². The third-order valence-corrected chi connectivity index (χ3v) is 8.10. The van der Waals surface area contributed by atoms with E-state index < -0.39 is 0 Å². The number of benzene rings is 7. The lowest BCUT2D eigenvalue weighted by Crippen LogP contribution is -1.83. The first-order chi connectivity index (χ1) is 17.9. The summed E-state index contributed by atoms with van der Waals surface area (Å²) in [5.74, 6) is 0. The Morgan fingerprint density at radius 2 is 0.694 bits per heavy atom. The first-order valence-electron chi connectivity index (χ1n) is 12.5. The van der Waals surface area contributed by atoms with Crippen LogP contribution in [0.25, 0.3) is 86.7 Å². The quantitative estimate of drug-likeness (QED) is 0.213. The molecule has 0 spiro atoms. The number of fused-ring (bicyclic) bond motifs is 17. The van der Waals surface area contributed by atoms with E-state index in [2.05, 4.69) is 119 Å². The number of rotatable bonds is 0. The monoisotopic (exact) mass is 456 g/mol. The Hall–Kier alpha value is -4.82. The maximum Gasteiger partial charge on any atom is 0.0572 e. The molecule has 9 aromatic rings. The predicted octanol–water partition coefficient (Wildman–Crippen LogP) is 9.57. The van der Waals surface area contributed by atoms with E-state index in [1.54, 1.807) is 0 Å². The van der Waals surface area contributed by atoms with Gasteiger partial charge in [0.25, 0.3) is 0 Å². The number of hydrogen-bond acceptors (Lipinski definition) is 0. The molecule has 0 aliphatic heterocycles. The molecule has 0 fully saturated rings. The third kappa shape index (κ3) is 2.14. The molecule has 0 amide bonds. The Morgan fingerprint density at radius 3 is 1.42 bits per heavy atom. The van der Waals surface area contributed by atoms with Crippen molar-refractivity contribution in [3.8, 4) is 0 Å². The van der Waals surface area contributed by atoms with Gasteiger partial charge in [-0.3, -0.25) is 0 Å². The zero-order valence-electron chi connectivity index (χ0n) is 19.4. The molecule has 36 heavy (non-hydrogen) atoms. The average Bonchev–Trinajstić information content (AvgIpc) is 3.53. The van der Waals surface area contributed by atoms with E-state index in [-0.39, 0.29) is 0 Å². The zero-order chi connectivity index (χ0) is 23.4. The van der Waals surface area contributed by atoms with Gasteiger partial charge in [0.05, 0.1) is 16.6 Å². The smallest absolute Gasteiger partial charge is 0.0572 e. The summed E-state index contributed by atoms with van der Waals surface area (Å²) >= 11 is 0. The van der Waals surface area contributed by atoms with Gasteiger partial charge in [-0.25, -0.2) is 0 Å². The van der Waals surface area contributed by atoms with E-state index in [1.165, 1.54) is 86.7 Å². The average molecular weight is 457 g/mol. The second kappa shape index (κ2) is 6.44. The van der Waals surface area contributed by atoms with Crippen molar-refractivity contribution in [3.05, 3.63) is 109 Å². The van der Waals surface area contributed by atoms with Gasteiger partial charge in [-0.05, 0) is 38.4 Å². The number of aromatic amines is 2. The van der Waals surface area contributed by atoms with Crippen molar-refractivity contribution in [1.29, 1.82) is 0 Å². The molecular formula is C34H20N2. The summed E-state index contributed by atoms with van der Waals surface area (Å²) in [6.45, 7) is 0. The van der Waals surface area contributed by atoms with Gasteiger partial charge in [-0.15, -0.1) is 0 Å². The van der Waals surface area contributed by atoms with Crippen molar-refractivity contribution < 1.29 is 0 Å². The highest BCUT2D eigenvalue weighted by atomic mass is 14.7. The van der Waals surface area contributed by atoms with Gasteiger partial charge in [-0.2, -0.15) is 0 Å². The predicted molar refractivity (Wildman–Crippen MR) is 155 cm³/mol. The van der Waals surface area contributed by atoms with E-state index in [0.29, 0.717) is 0 Å². The van der Waals surface area contributed by atoms with Crippen LogP contribution >= 0.6 is 0 Å². The molecule has 7 aromatic carbocycles. The van der Waals surface area contributed by atoms with E-state index in [1.807, 2.05) is 0 Å². The molecule has 2 N–H and O–H groups in total. The first-order valence-corrected chi connectivity index (χ1v) is 12.5. The minimum atomic E-state index is 1.17. The molecule has 0 saturated carbocycles. The van der Waals surface area contributed by atoms with E-state index in [0.717, 1.165) is 0 Å². The summed E-state index contributed by atoms with van der Waals surface area (Å²) in [5, 5.41) is 15.4. The zero-order valence-corrected chi connectivity index (χ0v) is 19.4. The van der Waals surface area contributed by atoms with Crippen molar-refractivity contribution in [3.63, 3.8) is 0 Å². The highest BCUT2D eigenvalue weighted by molar-refractivity contribution is 6.41. The maximum atomic E-state index is 3.96. The molecule has 166 valence electrons. The number of para-hydroxylation sites is 1. The number of H-pyrrole nitrogens is 2. The second-order valence-electron chi connectivity index (χ2n) is 9.84. The Kier molecular flexibility index (Phi) is 3.31. The van der Waals surface area contributed by atoms with Crippen LogP contribution in [0.15, 0.2) is 109 Å². The van der Waals surface area contributed by atoms with Crippen LogP contribution < -0.4 is 0 Å². The van der Waals surface area contributed by atoms with Gasteiger partial charge in [-0.1, -0.05) is 103 Å². The molecule has 0 unspecified atom stereocenters. The van der Waals surface area contributed by atoms with Gasteiger partial charge < -0.3 is 9.97 Å². The third-order valence-electron chi connectivity index (χ3n) is 8.10. The van der Waals surface area contributed by atoms with Crippen molar-refractivity contribution >= 4 is 86.7 Å². The van der Waals surface area contributed by atoms with E-state index >= 15 is 0 Å². The summed E-state index contributed by atoms with van der Waals surface area (Å²) in [7, 11) is 0. The number of hydrogen-bond donors (Lipinski definition) is 2. The SMILES string of the molecule is c1ccc2c(c1)[nH]c1c2ccc2c3ccccc3c3c([nH]c4c5ccccc5c5ccccc5c43)c21. The summed E-state index contributed by atoms with van der Waals surface area (Å²) in [6, 6.07) is 39.7. The van der Waals surface area contributed by atoms with Crippen LogP contribution in [-0.4, -0.2) is 9.97 Å². The Morgan fingerprint density at radius 1 is 0.278 bits per heavy atom. The van der Waals surface area contributed by atoms with Gasteiger partial charge in [0.2, 0.25) is 0 Å². The molecule has 2 aromatic heterocycles. The fourth-order valence-electron chi connectivity index (χ4n) is 6.64. The van der Waals surface area contributed by atoms with Crippen molar-refractivity contribution in [1.82, 2.24) is 9.97 Å². The lowest BCUT2D eigenvalue weighted by molar-refractivity contribution is 1.55. The summed E-state index contributed by atoms with van der Waals surface area (Å²) < 4.78 is 0. The highest BCUT2D eigenvalue weighted by Gasteiger charge is 2.20. The molecule has 9 rings (SSSR count). The van der Waals surface area contributed by atoms with Crippen molar-refractivity contribution in [2.75, 3.05) is 0 Å². The van der Waals surface area contributed by atoms with Crippen LogP contribution in [0.4, 0.5) is 0 Å². The molecule has 0 aliphatic carbocycles. The lowest BCUT2D eigenvalue weighted by Gasteiger charge is -2.10. The Bertz CT molecular complexity index is 2370. The standard InChI is InChI=1S/C34H20N2/c1-4-13-23-19(9-1)20-10-3-6-15-26(20)32-29(23)30-24-14-5-2-11-21(24)25-17-18-27-22-12-7-8-16-28(22)35-33(27)31(25)34(30)36-32/h1-18,35-36H. The Balaban J connectivity index is 1.68. The van der Waals surface area contributed by atoms with Crippen LogP contribution in [0.5, 0.6) is 0 Å². The Labute approximate surface area is 205 Å². The molecule has 2 heterocycles. The molecule has 0 aliphatic rings. The van der Waals surface area contributed by atoms with Crippen LogP contribution in [0, 0.1) is 0 Å². The topological polar surface area (TPSA) is 31.6 Å². The molecule has 0 bridgehead atoms.